The second kappa shape index (κ2) is 6.04. The molecule has 0 fully saturated rings. The highest BCUT2D eigenvalue weighted by molar-refractivity contribution is 9.10. The number of hydrogen-bond donors (Lipinski definition) is 1. The summed E-state index contributed by atoms with van der Waals surface area (Å²) in [5, 5.41) is 9.00. The van der Waals surface area contributed by atoms with Gasteiger partial charge in [-0.3, -0.25) is 0 Å². The predicted octanol–water partition coefficient (Wildman–Crippen LogP) is 3.65. The molecule has 0 amide bonds. The minimum Gasteiger partial charge on any atom is -0.389 e. The Bertz CT molecular complexity index is 721. The summed E-state index contributed by atoms with van der Waals surface area (Å²) in [6.45, 7) is 0. The van der Waals surface area contributed by atoms with E-state index < -0.39 is 0 Å². The summed E-state index contributed by atoms with van der Waals surface area (Å²) in [6, 6.07) is 14.0. The Morgan fingerprint density at radius 2 is 1.95 bits per heavy atom. The van der Waals surface area contributed by atoms with E-state index in [1.54, 1.807) is 6.08 Å². The van der Waals surface area contributed by atoms with Crippen molar-refractivity contribution in [3.63, 3.8) is 0 Å². The normalized spacial score (nSPS) is 11.2. The average molecular weight is 346 g/mol. The van der Waals surface area contributed by atoms with Crippen LogP contribution < -0.4 is 5.73 Å². The maximum absolute atomic E-state index is 9.00. The van der Waals surface area contributed by atoms with Crippen molar-refractivity contribution >= 4 is 39.2 Å². The first kappa shape index (κ1) is 14.5. The number of aromatic nitrogens is 1. The van der Waals surface area contributed by atoms with E-state index >= 15 is 0 Å². The summed E-state index contributed by atoms with van der Waals surface area (Å²) >= 11 is 8.26. The number of nitrogens with two attached hydrogens (primary N) is 1. The Morgan fingerprint density at radius 1 is 1.30 bits per heavy atom. The fourth-order valence-corrected chi connectivity index (χ4v) is 2.26. The van der Waals surface area contributed by atoms with Crippen LogP contribution in [-0.2, 0) is 7.05 Å². The molecular weight excluding hydrogens is 334 g/mol. The molecule has 1 aromatic carbocycles. The van der Waals surface area contributed by atoms with Crippen LogP contribution in [0.3, 0.4) is 0 Å². The summed E-state index contributed by atoms with van der Waals surface area (Å²) in [7, 11) is 1.94. The molecule has 0 aliphatic rings. The van der Waals surface area contributed by atoms with Crippen molar-refractivity contribution in [1.29, 1.82) is 5.26 Å². The van der Waals surface area contributed by atoms with E-state index in [1.807, 2.05) is 54.1 Å². The van der Waals surface area contributed by atoms with Gasteiger partial charge in [-0.05, 0) is 35.9 Å². The number of hydrogen-bond acceptors (Lipinski definition) is 2. The van der Waals surface area contributed by atoms with Crippen LogP contribution in [0.2, 0.25) is 0 Å². The molecule has 1 aromatic heterocycles. The molecule has 0 bridgehead atoms. The quantitative estimate of drug-likeness (QED) is 0.524. The Hall–Kier alpha value is -1.90. The van der Waals surface area contributed by atoms with Crippen molar-refractivity contribution in [2.75, 3.05) is 0 Å². The maximum Gasteiger partial charge on any atom is 0.114 e. The fraction of sp³-hybridized carbons (Fsp3) is 0.0667. The Kier molecular flexibility index (Phi) is 4.38. The highest BCUT2D eigenvalue weighted by atomic mass is 79.9. The molecule has 0 aliphatic heterocycles. The summed E-state index contributed by atoms with van der Waals surface area (Å²) in [6.07, 6.45) is 1.70. The minimum atomic E-state index is 0.110. The van der Waals surface area contributed by atoms with Crippen LogP contribution in [0.25, 0.3) is 17.3 Å². The van der Waals surface area contributed by atoms with Gasteiger partial charge in [0.05, 0.1) is 5.57 Å². The standard InChI is InChI=1S/C15H12BrN3S/c1-19-13(8-11(9-17)15(18)20)6-7-14(19)10-2-4-12(16)5-3-10/h2-8H,1H3,(H2,18,20)/b11-8+. The Labute approximate surface area is 131 Å². The van der Waals surface area contributed by atoms with E-state index in [9.17, 15) is 0 Å². The van der Waals surface area contributed by atoms with Gasteiger partial charge in [-0.2, -0.15) is 5.26 Å². The summed E-state index contributed by atoms with van der Waals surface area (Å²) in [5.41, 5.74) is 8.86. The smallest absolute Gasteiger partial charge is 0.114 e. The third kappa shape index (κ3) is 2.98. The van der Waals surface area contributed by atoms with Crippen LogP contribution in [0.5, 0.6) is 0 Å². The topological polar surface area (TPSA) is 54.7 Å². The van der Waals surface area contributed by atoms with Crippen LogP contribution in [0, 0.1) is 11.3 Å². The number of rotatable bonds is 3. The van der Waals surface area contributed by atoms with Gasteiger partial charge in [0.2, 0.25) is 0 Å². The second-order valence-electron chi connectivity index (χ2n) is 4.24. The molecule has 0 aliphatic carbocycles. The van der Waals surface area contributed by atoms with Crippen molar-refractivity contribution in [2.24, 2.45) is 12.8 Å². The largest absolute Gasteiger partial charge is 0.389 e. The molecule has 0 atom stereocenters. The van der Waals surface area contributed by atoms with Gasteiger partial charge in [0.15, 0.2) is 0 Å². The van der Waals surface area contributed by atoms with Crippen LogP contribution in [0.4, 0.5) is 0 Å². The summed E-state index contributed by atoms with van der Waals surface area (Å²) in [5.74, 6) is 0. The molecule has 1 heterocycles. The molecule has 0 unspecified atom stereocenters. The lowest BCUT2D eigenvalue weighted by atomic mass is 10.1. The fourth-order valence-electron chi connectivity index (χ4n) is 1.89. The molecule has 0 radical (unpaired) electrons. The monoisotopic (exact) mass is 345 g/mol. The number of halogens is 1. The van der Waals surface area contributed by atoms with Gasteiger partial charge in [0.25, 0.3) is 0 Å². The molecule has 100 valence electrons. The van der Waals surface area contributed by atoms with E-state index in [0.717, 1.165) is 21.4 Å². The molecule has 2 N–H and O–H groups in total. The van der Waals surface area contributed by atoms with Gasteiger partial charge in [-0.1, -0.05) is 40.3 Å². The van der Waals surface area contributed by atoms with Crippen LogP contribution >= 0.6 is 28.1 Å². The van der Waals surface area contributed by atoms with Crippen molar-refractivity contribution in [3.05, 3.63) is 52.1 Å². The lowest BCUT2D eigenvalue weighted by Crippen LogP contribution is -2.10. The van der Waals surface area contributed by atoms with Gasteiger partial charge in [-0.15, -0.1) is 0 Å². The average Bonchev–Trinajstić information content (AvgIpc) is 2.78. The van der Waals surface area contributed by atoms with Crippen LogP contribution in [0.1, 0.15) is 5.69 Å². The minimum absolute atomic E-state index is 0.110. The number of nitriles is 1. The molecular formula is C15H12BrN3S. The van der Waals surface area contributed by atoms with E-state index in [2.05, 4.69) is 15.9 Å². The predicted molar refractivity (Wildman–Crippen MR) is 88.9 cm³/mol. The first-order valence-electron chi connectivity index (χ1n) is 5.86. The molecule has 5 heteroatoms. The van der Waals surface area contributed by atoms with E-state index in [-0.39, 0.29) is 4.99 Å². The van der Waals surface area contributed by atoms with Crippen molar-refractivity contribution in [3.8, 4) is 17.3 Å². The molecule has 3 nitrogen and oxygen atoms in total. The van der Waals surface area contributed by atoms with Crippen molar-refractivity contribution in [2.45, 2.75) is 0 Å². The first-order valence-corrected chi connectivity index (χ1v) is 7.06. The Balaban J connectivity index is 2.44. The molecule has 2 aromatic rings. The SMILES string of the molecule is Cn1c(/C=C(\C#N)C(N)=S)ccc1-c1ccc(Br)cc1. The number of thiocarbonyl (C=S) groups is 1. The van der Waals surface area contributed by atoms with Crippen LogP contribution in [0.15, 0.2) is 46.4 Å². The van der Waals surface area contributed by atoms with Gasteiger partial charge in [0.1, 0.15) is 11.1 Å². The zero-order valence-electron chi connectivity index (χ0n) is 10.8. The zero-order chi connectivity index (χ0) is 14.7. The molecule has 0 saturated heterocycles. The molecule has 2 rings (SSSR count). The van der Waals surface area contributed by atoms with E-state index in [4.69, 9.17) is 23.2 Å². The number of benzene rings is 1. The lowest BCUT2D eigenvalue weighted by Gasteiger charge is -2.06. The van der Waals surface area contributed by atoms with Gasteiger partial charge < -0.3 is 10.3 Å². The Morgan fingerprint density at radius 3 is 2.50 bits per heavy atom. The van der Waals surface area contributed by atoms with Crippen LogP contribution in [-0.4, -0.2) is 9.56 Å². The van der Waals surface area contributed by atoms with E-state index in [1.165, 1.54) is 0 Å². The first-order chi connectivity index (χ1) is 9.52. The van der Waals surface area contributed by atoms with Crippen molar-refractivity contribution < 1.29 is 0 Å². The molecule has 20 heavy (non-hydrogen) atoms. The maximum atomic E-state index is 9.00. The van der Waals surface area contributed by atoms with Gasteiger partial charge in [0, 0.05) is 22.9 Å². The highest BCUT2D eigenvalue weighted by Crippen LogP contribution is 2.24. The molecule has 0 saturated carbocycles. The lowest BCUT2D eigenvalue weighted by molar-refractivity contribution is 0.923. The number of nitrogens with zero attached hydrogens (tertiary/aromatic N) is 2. The third-order valence-corrected chi connectivity index (χ3v) is 3.73. The van der Waals surface area contributed by atoms with Gasteiger partial charge >= 0.3 is 0 Å². The molecule has 0 spiro atoms. The zero-order valence-corrected chi connectivity index (χ0v) is 13.2. The van der Waals surface area contributed by atoms with Gasteiger partial charge in [-0.25, -0.2) is 0 Å². The second-order valence-corrected chi connectivity index (χ2v) is 5.60. The third-order valence-electron chi connectivity index (χ3n) is 2.98. The summed E-state index contributed by atoms with van der Waals surface area (Å²) in [4.78, 5) is 0.110. The van der Waals surface area contributed by atoms with Crippen molar-refractivity contribution in [1.82, 2.24) is 4.57 Å². The highest BCUT2D eigenvalue weighted by Gasteiger charge is 2.07. The van der Waals surface area contributed by atoms with E-state index in [0.29, 0.717) is 5.57 Å². The summed E-state index contributed by atoms with van der Waals surface area (Å²) < 4.78 is 3.04.